The van der Waals surface area contributed by atoms with Crippen molar-refractivity contribution in [2.75, 3.05) is 13.6 Å². The van der Waals surface area contributed by atoms with E-state index in [4.69, 9.17) is 5.41 Å². The van der Waals surface area contributed by atoms with Crippen molar-refractivity contribution in [1.29, 1.82) is 5.41 Å². The molecule has 1 saturated carbocycles. The second kappa shape index (κ2) is 7.20. The maximum Gasteiger partial charge on any atom is 0.229 e. The molecule has 1 unspecified atom stereocenters. The van der Waals surface area contributed by atoms with E-state index in [2.05, 4.69) is 10.6 Å². The van der Waals surface area contributed by atoms with E-state index in [1.165, 1.54) is 0 Å². The lowest BCUT2D eigenvalue weighted by Gasteiger charge is -2.33. The van der Waals surface area contributed by atoms with Crippen molar-refractivity contribution in [3.05, 3.63) is 0 Å². The second-order valence-corrected chi connectivity index (χ2v) is 6.07. The molecule has 5 N–H and O–H groups in total. The van der Waals surface area contributed by atoms with Gasteiger partial charge in [-0.15, -0.1) is 0 Å². The molecule has 21 heavy (non-hydrogen) atoms. The van der Waals surface area contributed by atoms with Gasteiger partial charge < -0.3 is 15.5 Å². The molecule has 120 valence electrons. The minimum Gasteiger partial charge on any atom is -0.378 e. The highest BCUT2D eigenvalue weighted by atomic mass is 16.3. The third-order valence-corrected chi connectivity index (χ3v) is 4.63. The van der Waals surface area contributed by atoms with E-state index in [0.717, 1.165) is 25.7 Å². The first-order valence-corrected chi connectivity index (χ1v) is 7.70. The molecule has 0 spiro atoms. The molecular formula is C14H26N4O3. The van der Waals surface area contributed by atoms with Crippen LogP contribution in [0.15, 0.2) is 0 Å². The van der Waals surface area contributed by atoms with Gasteiger partial charge in [0.1, 0.15) is 12.5 Å². The summed E-state index contributed by atoms with van der Waals surface area (Å²) >= 11 is 0. The lowest BCUT2D eigenvalue weighted by Crippen LogP contribution is -2.44. The molecule has 7 heteroatoms. The summed E-state index contributed by atoms with van der Waals surface area (Å²) < 4.78 is 0. The first-order valence-electron chi connectivity index (χ1n) is 7.70. The van der Waals surface area contributed by atoms with Gasteiger partial charge in [0, 0.05) is 19.5 Å². The van der Waals surface area contributed by atoms with Gasteiger partial charge >= 0.3 is 0 Å². The fraction of sp³-hybridized carbons (Fsp3) is 0.857. The Kier molecular flexibility index (Phi) is 5.55. The minimum atomic E-state index is -0.530. The smallest absolute Gasteiger partial charge is 0.229 e. The summed E-state index contributed by atoms with van der Waals surface area (Å²) in [4.78, 5) is 13.7. The summed E-state index contributed by atoms with van der Waals surface area (Å²) in [6.07, 6.45) is 3.63. The molecule has 2 rings (SSSR count). The van der Waals surface area contributed by atoms with Crippen molar-refractivity contribution in [3.63, 3.8) is 0 Å². The van der Waals surface area contributed by atoms with Crippen molar-refractivity contribution in [2.24, 2.45) is 11.8 Å². The average Bonchev–Trinajstić information content (AvgIpc) is 2.79. The Morgan fingerprint density at radius 1 is 1.14 bits per heavy atom. The van der Waals surface area contributed by atoms with Gasteiger partial charge in [-0.3, -0.25) is 20.4 Å². The van der Waals surface area contributed by atoms with E-state index in [9.17, 15) is 15.0 Å². The van der Waals surface area contributed by atoms with Crippen molar-refractivity contribution in [1.82, 2.24) is 15.5 Å². The normalized spacial score (nSPS) is 33.7. The first kappa shape index (κ1) is 16.2. The van der Waals surface area contributed by atoms with Gasteiger partial charge in [0.25, 0.3) is 0 Å². The number of rotatable bonds is 3. The molecule has 1 heterocycles. The van der Waals surface area contributed by atoms with E-state index in [1.807, 2.05) is 0 Å². The van der Waals surface area contributed by atoms with Crippen LogP contribution in [0.2, 0.25) is 0 Å². The van der Waals surface area contributed by atoms with Gasteiger partial charge in [0.05, 0.1) is 0 Å². The highest BCUT2D eigenvalue weighted by molar-refractivity contribution is 5.96. The SMILES string of the molecule is CNC(=N)NC(=O)C1CCC(CN2C(O)CC[C@H]2O)CC1. The zero-order valence-electron chi connectivity index (χ0n) is 12.5. The highest BCUT2D eigenvalue weighted by Crippen LogP contribution is 2.32. The van der Waals surface area contributed by atoms with Gasteiger partial charge in [0.15, 0.2) is 5.96 Å². The fourth-order valence-corrected chi connectivity index (χ4v) is 3.26. The minimum absolute atomic E-state index is 0.0328. The number of likely N-dealkylation sites (tertiary alicyclic amines) is 1. The van der Waals surface area contributed by atoms with Gasteiger partial charge in [-0.2, -0.15) is 0 Å². The van der Waals surface area contributed by atoms with Gasteiger partial charge in [-0.1, -0.05) is 0 Å². The lowest BCUT2D eigenvalue weighted by molar-refractivity contribution is -0.125. The number of hydrogen-bond donors (Lipinski definition) is 5. The number of nitrogens with zero attached hydrogens (tertiary/aromatic N) is 1. The molecule has 2 atom stereocenters. The number of carbonyl (C=O) groups excluding carboxylic acids is 1. The number of aliphatic hydroxyl groups excluding tert-OH is 2. The summed E-state index contributed by atoms with van der Waals surface area (Å²) in [6, 6.07) is 0. The Bertz CT molecular complexity index is 372. The Labute approximate surface area is 125 Å². The van der Waals surface area contributed by atoms with E-state index in [0.29, 0.717) is 25.3 Å². The predicted molar refractivity (Wildman–Crippen MR) is 78.3 cm³/mol. The van der Waals surface area contributed by atoms with Crippen LogP contribution in [0.25, 0.3) is 0 Å². The van der Waals surface area contributed by atoms with E-state index < -0.39 is 12.5 Å². The van der Waals surface area contributed by atoms with Crippen LogP contribution in [0.3, 0.4) is 0 Å². The molecule has 1 aliphatic heterocycles. The number of hydrogen-bond acceptors (Lipinski definition) is 5. The largest absolute Gasteiger partial charge is 0.378 e. The molecule has 1 saturated heterocycles. The standard InChI is InChI=1S/C14H26N4O3/c1-16-14(15)17-13(21)10-4-2-9(3-5-10)8-18-11(19)6-7-12(18)20/h9-12,19-20H,2-8H2,1H3,(H3,15,16,17,21)/t9?,10?,11-,12?/m1/s1. The molecule has 2 fully saturated rings. The van der Waals surface area contributed by atoms with Gasteiger partial charge in [-0.25, -0.2) is 0 Å². The predicted octanol–water partition coefficient (Wildman–Crippen LogP) is -0.204. The summed E-state index contributed by atoms with van der Waals surface area (Å²) in [7, 11) is 1.60. The number of carbonyl (C=O) groups is 1. The topological polar surface area (TPSA) is 109 Å². The molecule has 7 nitrogen and oxygen atoms in total. The Balaban J connectivity index is 1.75. The quantitative estimate of drug-likeness (QED) is 0.366. The Morgan fingerprint density at radius 2 is 1.71 bits per heavy atom. The molecule has 1 aliphatic carbocycles. The summed E-state index contributed by atoms with van der Waals surface area (Å²) in [5.41, 5.74) is 0. The van der Waals surface area contributed by atoms with Crippen molar-refractivity contribution < 1.29 is 15.0 Å². The number of amides is 1. The summed E-state index contributed by atoms with van der Waals surface area (Å²) in [5.74, 6) is 0.322. The average molecular weight is 298 g/mol. The van der Waals surface area contributed by atoms with Crippen molar-refractivity contribution in [2.45, 2.75) is 51.0 Å². The molecule has 2 aliphatic rings. The molecule has 1 amide bonds. The Morgan fingerprint density at radius 3 is 2.24 bits per heavy atom. The lowest BCUT2D eigenvalue weighted by atomic mass is 9.81. The molecule has 0 aromatic rings. The monoisotopic (exact) mass is 298 g/mol. The van der Waals surface area contributed by atoms with Crippen LogP contribution >= 0.6 is 0 Å². The van der Waals surface area contributed by atoms with Gasteiger partial charge in [-0.05, 0) is 44.4 Å². The first-order chi connectivity index (χ1) is 10.0. The molecule has 0 aromatic heterocycles. The van der Waals surface area contributed by atoms with Crippen LogP contribution in [0, 0.1) is 17.2 Å². The molecule has 0 aromatic carbocycles. The van der Waals surface area contributed by atoms with Gasteiger partial charge in [0.2, 0.25) is 5.91 Å². The third kappa shape index (κ3) is 4.15. The Hall–Kier alpha value is -1.18. The van der Waals surface area contributed by atoms with Crippen molar-refractivity contribution >= 4 is 11.9 Å². The molecule has 0 radical (unpaired) electrons. The maximum absolute atomic E-state index is 11.9. The molecular weight excluding hydrogens is 272 g/mol. The third-order valence-electron chi connectivity index (χ3n) is 4.63. The fourth-order valence-electron chi connectivity index (χ4n) is 3.26. The number of guanidine groups is 1. The van der Waals surface area contributed by atoms with Crippen LogP contribution in [-0.4, -0.2) is 53.0 Å². The molecule has 0 bridgehead atoms. The van der Waals surface area contributed by atoms with E-state index >= 15 is 0 Å². The van der Waals surface area contributed by atoms with Crippen LogP contribution in [0.1, 0.15) is 38.5 Å². The zero-order chi connectivity index (χ0) is 15.4. The van der Waals surface area contributed by atoms with Crippen molar-refractivity contribution in [3.8, 4) is 0 Å². The summed E-state index contributed by atoms with van der Waals surface area (Å²) in [6.45, 7) is 0.697. The van der Waals surface area contributed by atoms with Crippen LogP contribution in [0.4, 0.5) is 0 Å². The number of aliphatic hydroxyl groups is 2. The maximum atomic E-state index is 11.9. The van der Waals surface area contributed by atoms with Crippen LogP contribution in [-0.2, 0) is 4.79 Å². The van der Waals surface area contributed by atoms with E-state index in [-0.39, 0.29) is 17.8 Å². The van der Waals surface area contributed by atoms with Crippen LogP contribution in [0.5, 0.6) is 0 Å². The zero-order valence-corrected chi connectivity index (χ0v) is 12.5. The highest BCUT2D eigenvalue weighted by Gasteiger charge is 2.34. The second-order valence-electron chi connectivity index (χ2n) is 6.07. The van der Waals surface area contributed by atoms with Crippen LogP contribution < -0.4 is 10.6 Å². The van der Waals surface area contributed by atoms with E-state index in [1.54, 1.807) is 11.9 Å². The number of nitrogens with one attached hydrogen (secondary N) is 3. The summed E-state index contributed by atoms with van der Waals surface area (Å²) in [5, 5.41) is 32.2.